The molecule has 0 radical (unpaired) electrons. The molecule has 2 heterocycles. The van der Waals surface area contributed by atoms with Gasteiger partial charge in [-0.2, -0.15) is 0 Å². The minimum atomic E-state index is -1.04. The Morgan fingerprint density at radius 2 is 2.03 bits per heavy atom. The highest BCUT2D eigenvalue weighted by atomic mass is 79.9. The Morgan fingerprint density at radius 3 is 2.69 bits per heavy atom. The summed E-state index contributed by atoms with van der Waals surface area (Å²) in [4.78, 5) is 24.7. The van der Waals surface area contributed by atoms with Crippen LogP contribution in [0.3, 0.4) is 0 Å². The number of ether oxygens (including phenoxy) is 3. The lowest BCUT2D eigenvalue weighted by molar-refractivity contribution is 0.0523. The first-order chi connectivity index (χ1) is 16.8. The van der Waals surface area contributed by atoms with Gasteiger partial charge in [-0.25, -0.2) is 4.79 Å². The molecule has 1 aliphatic rings. The van der Waals surface area contributed by atoms with E-state index in [0.29, 0.717) is 43.2 Å². The topological polar surface area (TPSA) is 110 Å². The number of carbonyl (C=O) groups is 1. The van der Waals surface area contributed by atoms with E-state index >= 15 is 0 Å². The predicted octanol–water partition coefficient (Wildman–Crippen LogP) is 3.05. The molecule has 3 rings (SSSR count). The summed E-state index contributed by atoms with van der Waals surface area (Å²) in [6, 6.07) is 4.49. The first-order valence-corrected chi connectivity index (χ1v) is 12.5. The van der Waals surface area contributed by atoms with Gasteiger partial charge in [-0.15, -0.1) is 0 Å². The molecule has 9 nitrogen and oxygen atoms in total. The number of rotatable bonds is 11. The lowest BCUT2D eigenvalue weighted by Crippen LogP contribution is -2.56. The molecular formula is C24H30BrClN2O7. The van der Waals surface area contributed by atoms with Gasteiger partial charge in [0.1, 0.15) is 16.9 Å². The molecule has 1 aromatic heterocycles. The minimum absolute atomic E-state index is 0.127. The molecule has 35 heavy (non-hydrogen) atoms. The number of hydrogen-bond acceptors (Lipinski definition) is 8. The normalized spacial score (nSPS) is 17.0. The molecule has 192 valence electrons. The summed E-state index contributed by atoms with van der Waals surface area (Å²) < 4.78 is 18.3. The van der Waals surface area contributed by atoms with Gasteiger partial charge in [0, 0.05) is 43.1 Å². The van der Waals surface area contributed by atoms with E-state index in [0.717, 1.165) is 10.0 Å². The zero-order chi connectivity index (χ0) is 25.6. The minimum Gasteiger partial charge on any atom is -0.492 e. The fourth-order valence-corrected chi connectivity index (χ4v) is 5.24. The molecule has 0 aliphatic carbocycles. The summed E-state index contributed by atoms with van der Waals surface area (Å²) in [5.74, 6) is -0.237. The zero-order valence-electron chi connectivity index (χ0n) is 19.7. The lowest BCUT2D eigenvalue weighted by Gasteiger charge is -2.42. The maximum absolute atomic E-state index is 12.4. The van der Waals surface area contributed by atoms with Gasteiger partial charge in [0.05, 0.1) is 37.5 Å². The number of aliphatic hydroxyl groups is 2. The van der Waals surface area contributed by atoms with Crippen LogP contribution in [0.1, 0.15) is 48.1 Å². The van der Waals surface area contributed by atoms with Crippen molar-refractivity contribution in [2.75, 3.05) is 45.2 Å². The monoisotopic (exact) mass is 572 g/mol. The van der Waals surface area contributed by atoms with E-state index in [4.69, 9.17) is 25.8 Å². The summed E-state index contributed by atoms with van der Waals surface area (Å²) in [7, 11) is 1.62. The van der Waals surface area contributed by atoms with Gasteiger partial charge in [-0.1, -0.05) is 27.5 Å². The largest absolute Gasteiger partial charge is 0.492 e. The quantitative estimate of drug-likeness (QED) is 0.312. The first-order valence-electron chi connectivity index (χ1n) is 11.3. The second-order valence-electron chi connectivity index (χ2n) is 8.26. The number of nitrogens with zero attached hydrogens (tertiary/aromatic N) is 2. The third kappa shape index (κ3) is 5.83. The van der Waals surface area contributed by atoms with Crippen molar-refractivity contribution in [3.63, 3.8) is 0 Å². The molecule has 0 bridgehead atoms. The van der Waals surface area contributed by atoms with Crippen LogP contribution in [0.4, 0.5) is 0 Å². The lowest BCUT2D eigenvalue weighted by atomic mass is 9.99. The Labute approximate surface area is 217 Å². The highest BCUT2D eigenvalue weighted by Gasteiger charge is 2.47. The van der Waals surface area contributed by atoms with E-state index in [9.17, 15) is 19.8 Å². The molecule has 1 fully saturated rings. The van der Waals surface area contributed by atoms with Gasteiger partial charge < -0.3 is 24.4 Å². The van der Waals surface area contributed by atoms with Gasteiger partial charge in [0.15, 0.2) is 5.43 Å². The van der Waals surface area contributed by atoms with Gasteiger partial charge in [0.25, 0.3) is 0 Å². The van der Waals surface area contributed by atoms with E-state index in [1.807, 2.05) is 6.07 Å². The number of esters is 1. The van der Waals surface area contributed by atoms with Crippen molar-refractivity contribution in [1.82, 2.24) is 4.68 Å². The number of benzene rings is 1. The van der Waals surface area contributed by atoms with Crippen LogP contribution in [0.25, 0.3) is 0 Å². The van der Waals surface area contributed by atoms with Crippen LogP contribution in [-0.2, 0) is 9.47 Å². The molecule has 2 aromatic rings. The first kappa shape index (κ1) is 27.5. The smallest absolute Gasteiger partial charge is 0.343 e. The molecule has 0 saturated carbocycles. The molecule has 1 aliphatic heterocycles. The van der Waals surface area contributed by atoms with Gasteiger partial charge in [0.2, 0.25) is 0 Å². The van der Waals surface area contributed by atoms with Crippen molar-refractivity contribution in [2.45, 2.75) is 37.8 Å². The number of carbonyl (C=O) groups excluding carboxylic acids is 1. The summed E-state index contributed by atoms with van der Waals surface area (Å²) in [6.07, 6.45) is 4.62. The Morgan fingerprint density at radius 1 is 1.29 bits per heavy atom. The van der Waals surface area contributed by atoms with Crippen molar-refractivity contribution in [3.8, 4) is 5.75 Å². The molecule has 1 atom stereocenters. The third-order valence-corrected chi connectivity index (χ3v) is 7.05. The Bertz CT molecular complexity index is 1090. The maximum Gasteiger partial charge on any atom is 0.343 e. The average molecular weight is 574 g/mol. The summed E-state index contributed by atoms with van der Waals surface area (Å²) in [6.45, 7) is 2.08. The van der Waals surface area contributed by atoms with E-state index in [1.165, 1.54) is 18.5 Å². The van der Waals surface area contributed by atoms with Crippen LogP contribution in [0.15, 0.2) is 39.9 Å². The SMILES string of the molecule is CCOC(=O)c1cn(N2[C@@H](c3cc(OCCCOC)c(Cl)cc3Br)CCC2(CO)CO)ccc1=O. The predicted molar refractivity (Wildman–Crippen MR) is 135 cm³/mol. The molecule has 1 saturated heterocycles. The van der Waals surface area contributed by atoms with Crippen molar-refractivity contribution in [2.24, 2.45) is 0 Å². The second kappa shape index (κ2) is 12.2. The van der Waals surface area contributed by atoms with Gasteiger partial charge >= 0.3 is 5.97 Å². The van der Waals surface area contributed by atoms with Crippen LogP contribution in [0.5, 0.6) is 5.75 Å². The van der Waals surface area contributed by atoms with E-state index in [1.54, 1.807) is 29.8 Å². The fourth-order valence-electron chi connectivity index (χ4n) is 4.28. The molecule has 2 N–H and O–H groups in total. The fraction of sp³-hybridized carbons (Fsp3) is 0.500. The number of halogens is 2. The molecular weight excluding hydrogens is 544 g/mol. The second-order valence-corrected chi connectivity index (χ2v) is 9.52. The molecule has 1 aromatic carbocycles. The Hall–Kier alpha value is -2.11. The van der Waals surface area contributed by atoms with Crippen molar-refractivity contribution >= 4 is 33.5 Å². The summed E-state index contributed by atoms with van der Waals surface area (Å²) in [5, 5.41) is 22.9. The number of methoxy groups -OCH3 is 1. The number of aromatic nitrogens is 1. The third-order valence-electron chi connectivity index (χ3n) is 6.06. The number of hydrogen-bond donors (Lipinski definition) is 2. The molecule has 0 unspecified atom stereocenters. The van der Waals surface area contributed by atoms with Gasteiger partial charge in [-0.3, -0.25) is 14.5 Å². The molecule has 0 amide bonds. The highest BCUT2D eigenvalue weighted by molar-refractivity contribution is 9.10. The van der Waals surface area contributed by atoms with Gasteiger partial charge in [-0.05, 0) is 37.5 Å². The highest BCUT2D eigenvalue weighted by Crippen LogP contribution is 2.45. The van der Waals surface area contributed by atoms with Crippen LogP contribution in [-0.4, -0.2) is 66.5 Å². The Balaban J connectivity index is 2.07. The number of aliphatic hydroxyl groups excluding tert-OH is 2. The van der Waals surface area contributed by atoms with E-state index < -0.39 is 16.9 Å². The van der Waals surface area contributed by atoms with Crippen LogP contribution in [0, 0.1) is 0 Å². The summed E-state index contributed by atoms with van der Waals surface area (Å²) >= 11 is 10.0. The Kier molecular flexibility index (Phi) is 9.60. The van der Waals surface area contributed by atoms with Crippen LogP contribution < -0.4 is 15.2 Å². The maximum atomic E-state index is 12.4. The zero-order valence-corrected chi connectivity index (χ0v) is 22.0. The van der Waals surface area contributed by atoms with E-state index in [-0.39, 0.29) is 31.4 Å². The van der Waals surface area contributed by atoms with Crippen molar-refractivity contribution < 1.29 is 29.2 Å². The average Bonchev–Trinajstić information content (AvgIpc) is 3.23. The van der Waals surface area contributed by atoms with Crippen LogP contribution in [0.2, 0.25) is 5.02 Å². The number of pyridine rings is 1. The van der Waals surface area contributed by atoms with Crippen molar-refractivity contribution in [3.05, 3.63) is 61.4 Å². The molecule has 0 spiro atoms. The standard InChI is InChI=1S/C24H30BrClN2O7/c1-3-34-23(32)17-13-27(8-6-21(17)31)28-20(5-7-24(28,14-29)15-30)16-11-22(19(26)12-18(16)25)35-10-4-9-33-2/h6,8,11-13,20,29-30H,3-5,7,9-10,14-15H2,1-2H3/t20-/m1/s1. The molecule has 11 heteroatoms. The van der Waals surface area contributed by atoms with Crippen LogP contribution >= 0.6 is 27.5 Å². The summed E-state index contributed by atoms with van der Waals surface area (Å²) in [5.41, 5.74) is -0.837. The van der Waals surface area contributed by atoms with Crippen molar-refractivity contribution in [1.29, 1.82) is 0 Å². The van der Waals surface area contributed by atoms with E-state index in [2.05, 4.69) is 15.9 Å².